The molecule has 2 aromatic carbocycles. The van der Waals surface area contributed by atoms with E-state index >= 15 is 0 Å². The van der Waals surface area contributed by atoms with E-state index in [-0.39, 0.29) is 11.8 Å². The van der Waals surface area contributed by atoms with Crippen LogP contribution in [0.25, 0.3) is 17.0 Å². The van der Waals surface area contributed by atoms with Gasteiger partial charge in [0.1, 0.15) is 11.8 Å². The van der Waals surface area contributed by atoms with E-state index < -0.39 is 6.04 Å². The van der Waals surface area contributed by atoms with Gasteiger partial charge in [-0.2, -0.15) is 0 Å². The Morgan fingerprint density at radius 3 is 2.57 bits per heavy atom. The maximum Gasteiger partial charge on any atom is 0.246 e. The van der Waals surface area contributed by atoms with Crippen molar-refractivity contribution in [1.82, 2.24) is 10.3 Å². The summed E-state index contributed by atoms with van der Waals surface area (Å²) in [4.78, 5) is 28.9. The maximum atomic E-state index is 12.4. The number of pyridine rings is 1. The number of benzene rings is 2. The summed E-state index contributed by atoms with van der Waals surface area (Å²) in [6, 6.07) is 15.9. The van der Waals surface area contributed by atoms with Crippen LogP contribution in [0.5, 0.6) is 5.75 Å². The summed E-state index contributed by atoms with van der Waals surface area (Å²) in [5.41, 5.74) is 2.17. The quantitative estimate of drug-likeness (QED) is 0.647. The molecule has 3 rings (SSSR count). The lowest BCUT2D eigenvalue weighted by atomic mass is 10.2. The van der Waals surface area contributed by atoms with E-state index in [0.29, 0.717) is 11.2 Å². The number of carbonyl (C=O) groups excluding carboxylic acids is 2. The summed E-state index contributed by atoms with van der Waals surface area (Å²) in [7, 11) is 1.60. The van der Waals surface area contributed by atoms with Crippen LogP contribution < -0.4 is 15.4 Å². The number of para-hydroxylation sites is 1. The first kappa shape index (κ1) is 19.1. The van der Waals surface area contributed by atoms with Crippen molar-refractivity contribution in [2.24, 2.45) is 0 Å². The molecule has 2 N–H and O–H groups in total. The molecule has 142 valence electrons. The zero-order chi connectivity index (χ0) is 19.9. The van der Waals surface area contributed by atoms with Crippen molar-refractivity contribution in [2.75, 3.05) is 12.4 Å². The van der Waals surface area contributed by atoms with E-state index in [1.165, 1.54) is 6.08 Å². The lowest BCUT2D eigenvalue weighted by Crippen LogP contribution is -2.40. The molecule has 6 heteroatoms. The topological polar surface area (TPSA) is 80.3 Å². The minimum absolute atomic E-state index is 0.315. The Labute approximate surface area is 163 Å². The number of fused-ring (bicyclic) bond motifs is 1. The molecule has 0 aliphatic carbocycles. The third-order valence-electron chi connectivity index (χ3n) is 4.19. The molecule has 1 atom stereocenters. The highest BCUT2D eigenvalue weighted by Gasteiger charge is 2.15. The number of ether oxygens (including phenoxy) is 1. The van der Waals surface area contributed by atoms with Crippen LogP contribution in [-0.4, -0.2) is 29.9 Å². The van der Waals surface area contributed by atoms with Crippen LogP contribution in [0, 0.1) is 0 Å². The minimum Gasteiger partial charge on any atom is -0.497 e. The van der Waals surface area contributed by atoms with Gasteiger partial charge in [0.25, 0.3) is 0 Å². The highest BCUT2D eigenvalue weighted by molar-refractivity contribution is 6.04. The maximum absolute atomic E-state index is 12.4. The number of amides is 2. The van der Waals surface area contributed by atoms with Crippen molar-refractivity contribution in [3.05, 3.63) is 72.4 Å². The highest BCUT2D eigenvalue weighted by Crippen LogP contribution is 2.20. The van der Waals surface area contributed by atoms with Crippen LogP contribution in [0.2, 0.25) is 0 Å². The molecular formula is C22H21N3O3. The van der Waals surface area contributed by atoms with Crippen LogP contribution in [-0.2, 0) is 9.59 Å². The normalized spacial score (nSPS) is 11.9. The first-order chi connectivity index (χ1) is 13.6. The van der Waals surface area contributed by atoms with Crippen LogP contribution in [0.1, 0.15) is 12.5 Å². The Kier molecular flexibility index (Phi) is 6.01. The summed E-state index contributed by atoms with van der Waals surface area (Å²) in [5.74, 6) is 0.0775. The number of nitrogens with zero attached hydrogens (tertiary/aromatic N) is 1. The molecular weight excluding hydrogens is 354 g/mol. The Hall–Kier alpha value is -3.67. The largest absolute Gasteiger partial charge is 0.497 e. The summed E-state index contributed by atoms with van der Waals surface area (Å²) in [5, 5.41) is 6.41. The van der Waals surface area contributed by atoms with Gasteiger partial charge in [-0.3, -0.25) is 14.6 Å². The average Bonchev–Trinajstić information content (AvgIpc) is 2.73. The van der Waals surface area contributed by atoms with Gasteiger partial charge >= 0.3 is 0 Å². The molecule has 0 aliphatic rings. The fraction of sp³-hybridized carbons (Fsp3) is 0.136. The number of rotatable bonds is 6. The van der Waals surface area contributed by atoms with Gasteiger partial charge in [0.15, 0.2) is 0 Å². The van der Waals surface area contributed by atoms with Gasteiger partial charge in [0.2, 0.25) is 11.8 Å². The van der Waals surface area contributed by atoms with Gasteiger partial charge in [0, 0.05) is 17.7 Å². The number of anilines is 1. The predicted octanol–water partition coefficient (Wildman–Crippen LogP) is 3.40. The molecule has 28 heavy (non-hydrogen) atoms. The van der Waals surface area contributed by atoms with Crippen molar-refractivity contribution in [1.29, 1.82) is 0 Å². The average molecular weight is 375 g/mol. The van der Waals surface area contributed by atoms with E-state index in [9.17, 15) is 9.59 Å². The lowest BCUT2D eigenvalue weighted by Gasteiger charge is -2.14. The fourth-order valence-electron chi connectivity index (χ4n) is 2.66. The fourth-order valence-corrected chi connectivity index (χ4v) is 2.66. The molecule has 0 aliphatic heterocycles. The molecule has 2 amide bonds. The zero-order valence-electron chi connectivity index (χ0n) is 15.7. The van der Waals surface area contributed by atoms with Gasteiger partial charge in [-0.25, -0.2) is 0 Å². The van der Waals surface area contributed by atoms with Gasteiger partial charge in [-0.05, 0) is 42.8 Å². The number of nitrogens with one attached hydrogen (secondary N) is 2. The molecule has 1 aromatic heterocycles. The molecule has 0 bridgehead atoms. The van der Waals surface area contributed by atoms with E-state index in [1.807, 2.05) is 48.5 Å². The molecule has 1 unspecified atom stereocenters. The van der Waals surface area contributed by atoms with Crippen LogP contribution in [0.15, 0.2) is 66.9 Å². The van der Waals surface area contributed by atoms with Crippen molar-refractivity contribution >= 4 is 34.5 Å². The number of aromatic nitrogens is 1. The Balaban J connectivity index is 1.60. The summed E-state index contributed by atoms with van der Waals surface area (Å²) in [6.45, 7) is 1.63. The van der Waals surface area contributed by atoms with Crippen LogP contribution in [0.4, 0.5) is 5.69 Å². The molecule has 0 radical (unpaired) electrons. The van der Waals surface area contributed by atoms with E-state index in [2.05, 4.69) is 15.6 Å². The van der Waals surface area contributed by atoms with E-state index in [1.54, 1.807) is 32.4 Å². The van der Waals surface area contributed by atoms with Gasteiger partial charge < -0.3 is 15.4 Å². The molecule has 0 saturated heterocycles. The van der Waals surface area contributed by atoms with Crippen LogP contribution >= 0.6 is 0 Å². The van der Waals surface area contributed by atoms with Gasteiger partial charge in [-0.1, -0.05) is 30.3 Å². The Morgan fingerprint density at radius 2 is 1.82 bits per heavy atom. The second kappa shape index (κ2) is 8.81. The van der Waals surface area contributed by atoms with Crippen molar-refractivity contribution < 1.29 is 14.3 Å². The first-order valence-electron chi connectivity index (χ1n) is 8.84. The monoisotopic (exact) mass is 375 g/mol. The van der Waals surface area contributed by atoms with E-state index in [4.69, 9.17) is 4.74 Å². The van der Waals surface area contributed by atoms with E-state index in [0.717, 1.165) is 16.7 Å². The van der Waals surface area contributed by atoms with Crippen molar-refractivity contribution in [3.8, 4) is 5.75 Å². The molecule has 0 fully saturated rings. The molecule has 3 aromatic rings. The second-order valence-corrected chi connectivity index (χ2v) is 6.21. The highest BCUT2D eigenvalue weighted by atomic mass is 16.5. The van der Waals surface area contributed by atoms with Gasteiger partial charge in [0.05, 0.1) is 18.3 Å². The third-order valence-corrected chi connectivity index (χ3v) is 4.19. The number of carbonyl (C=O) groups is 2. The smallest absolute Gasteiger partial charge is 0.246 e. The van der Waals surface area contributed by atoms with Gasteiger partial charge in [-0.15, -0.1) is 0 Å². The third kappa shape index (κ3) is 4.73. The van der Waals surface area contributed by atoms with Crippen molar-refractivity contribution in [3.63, 3.8) is 0 Å². The SMILES string of the molecule is COc1ccc(/C=C/C(=O)NC(C)C(=O)Nc2cccc3cccnc23)cc1. The van der Waals surface area contributed by atoms with Crippen molar-refractivity contribution in [2.45, 2.75) is 13.0 Å². The van der Waals surface area contributed by atoms with Crippen LogP contribution in [0.3, 0.4) is 0 Å². The molecule has 0 saturated carbocycles. The minimum atomic E-state index is -0.702. The number of hydrogen-bond donors (Lipinski definition) is 2. The predicted molar refractivity (Wildman–Crippen MR) is 110 cm³/mol. The second-order valence-electron chi connectivity index (χ2n) is 6.21. The Bertz CT molecular complexity index is 1010. The first-order valence-corrected chi connectivity index (χ1v) is 8.84. The molecule has 6 nitrogen and oxygen atoms in total. The summed E-state index contributed by atoms with van der Waals surface area (Å²) < 4.78 is 5.10. The molecule has 1 heterocycles. The standard InChI is InChI=1S/C22H21N3O3/c1-15(24-20(26)13-10-16-8-11-18(28-2)12-9-16)22(27)25-19-7-3-5-17-6-4-14-23-21(17)19/h3-15H,1-2H3,(H,24,26)(H,25,27)/b13-10+. The number of methoxy groups -OCH3 is 1. The Morgan fingerprint density at radius 1 is 1.07 bits per heavy atom. The summed E-state index contributed by atoms with van der Waals surface area (Å²) in [6.07, 6.45) is 4.74. The summed E-state index contributed by atoms with van der Waals surface area (Å²) >= 11 is 0. The lowest BCUT2D eigenvalue weighted by molar-refractivity contribution is -0.123. The number of hydrogen-bond acceptors (Lipinski definition) is 4. The zero-order valence-corrected chi connectivity index (χ0v) is 15.7. The molecule has 0 spiro atoms.